The number of allylic oxidation sites excluding steroid dienone is 2. The Bertz CT molecular complexity index is 749. The standard InChI is InChI=1S/C28H41NO/c1-2-3-4-5-6-7-8-9-10-11-12-13-14-15-16-20-27(30)24-26-23-22-25-19-17-18-21-28(25)29-26/h9-10,17-19,21-23H,2-8,11-16,20,24H2,1H3/b10-9-. The lowest BCUT2D eigenvalue weighted by Gasteiger charge is -2.03. The Hall–Kier alpha value is -1.96. The Kier molecular flexibility index (Phi) is 12.8. The van der Waals surface area contributed by atoms with Crippen LogP contribution in [0.5, 0.6) is 0 Å². The Labute approximate surface area is 184 Å². The van der Waals surface area contributed by atoms with Crippen LogP contribution >= 0.6 is 0 Å². The van der Waals surface area contributed by atoms with E-state index in [9.17, 15) is 4.79 Å². The Morgan fingerprint density at radius 2 is 1.40 bits per heavy atom. The highest BCUT2D eigenvalue weighted by Gasteiger charge is 2.06. The largest absolute Gasteiger partial charge is 0.299 e. The maximum absolute atomic E-state index is 12.2. The van der Waals surface area contributed by atoms with Crippen molar-refractivity contribution in [3.8, 4) is 0 Å². The zero-order chi connectivity index (χ0) is 21.3. The summed E-state index contributed by atoms with van der Waals surface area (Å²) in [5, 5.41) is 1.13. The van der Waals surface area contributed by atoms with Crippen molar-refractivity contribution >= 4 is 16.7 Å². The summed E-state index contributed by atoms with van der Waals surface area (Å²) in [5.74, 6) is 0.315. The quantitative estimate of drug-likeness (QED) is 0.195. The van der Waals surface area contributed by atoms with Gasteiger partial charge in [0.1, 0.15) is 5.78 Å². The molecule has 0 spiro atoms. The number of unbranched alkanes of at least 4 members (excludes halogenated alkanes) is 11. The summed E-state index contributed by atoms with van der Waals surface area (Å²) in [7, 11) is 0. The molecule has 0 bridgehead atoms. The van der Waals surface area contributed by atoms with Gasteiger partial charge in [-0.3, -0.25) is 9.78 Å². The first kappa shape index (κ1) is 24.3. The van der Waals surface area contributed by atoms with Crippen LogP contribution in [-0.4, -0.2) is 10.8 Å². The minimum Gasteiger partial charge on any atom is -0.299 e. The number of aromatic nitrogens is 1. The van der Waals surface area contributed by atoms with Crippen LogP contribution in [0, 0.1) is 0 Å². The lowest BCUT2D eigenvalue weighted by Crippen LogP contribution is -2.04. The minimum absolute atomic E-state index is 0.315. The molecule has 2 aromatic rings. The molecule has 0 saturated carbocycles. The molecule has 1 heterocycles. The van der Waals surface area contributed by atoms with Crippen molar-refractivity contribution in [1.82, 2.24) is 4.98 Å². The first-order chi connectivity index (χ1) is 14.8. The van der Waals surface area contributed by atoms with Crippen molar-refractivity contribution in [2.45, 2.75) is 103 Å². The van der Waals surface area contributed by atoms with E-state index in [-0.39, 0.29) is 0 Å². The first-order valence-electron chi connectivity index (χ1n) is 12.3. The molecule has 30 heavy (non-hydrogen) atoms. The molecule has 2 heteroatoms. The van der Waals surface area contributed by atoms with Gasteiger partial charge >= 0.3 is 0 Å². The van der Waals surface area contributed by atoms with E-state index in [1.807, 2.05) is 24.3 Å². The topological polar surface area (TPSA) is 30.0 Å². The monoisotopic (exact) mass is 407 g/mol. The lowest BCUT2D eigenvalue weighted by atomic mass is 10.0. The molecular formula is C28H41NO. The number of Topliss-reactive ketones (excluding diaryl/α,β-unsaturated/α-hetero) is 1. The zero-order valence-electron chi connectivity index (χ0n) is 19.1. The highest BCUT2D eigenvalue weighted by Crippen LogP contribution is 2.14. The summed E-state index contributed by atoms with van der Waals surface area (Å²) >= 11 is 0. The molecule has 1 aromatic carbocycles. The highest BCUT2D eigenvalue weighted by molar-refractivity contribution is 5.82. The average molecular weight is 408 g/mol. The Morgan fingerprint density at radius 3 is 2.13 bits per heavy atom. The van der Waals surface area contributed by atoms with Gasteiger partial charge in [0, 0.05) is 23.9 Å². The number of fused-ring (bicyclic) bond motifs is 1. The van der Waals surface area contributed by atoms with Crippen LogP contribution in [0.2, 0.25) is 0 Å². The van der Waals surface area contributed by atoms with Crippen LogP contribution in [0.4, 0.5) is 0 Å². The summed E-state index contributed by atoms with van der Waals surface area (Å²) in [6.07, 6.45) is 22.6. The third-order valence-electron chi connectivity index (χ3n) is 5.75. The predicted molar refractivity (Wildman–Crippen MR) is 130 cm³/mol. The van der Waals surface area contributed by atoms with Crippen molar-refractivity contribution in [2.24, 2.45) is 0 Å². The molecule has 0 aliphatic carbocycles. The molecule has 0 aliphatic rings. The number of hydrogen-bond acceptors (Lipinski definition) is 2. The van der Waals surface area contributed by atoms with Gasteiger partial charge in [-0.2, -0.15) is 0 Å². The summed E-state index contributed by atoms with van der Waals surface area (Å²) in [6.45, 7) is 2.27. The molecule has 0 radical (unpaired) electrons. The van der Waals surface area contributed by atoms with E-state index in [0.717, 1.165) is 23.0 Å². The molecule has 0 atom stereocenters. The van der Waals surface area contributed by atoms with Crippen molar-refractivity contribution in [3.63, 3.8) is 0 Å². The third-order valence-corrected chi connectivity index (χ3v) is 5.75. The van der Waals surface area contributed by atoms with Gasteiger partial charge in [0.25, 0.3) is 0 Å². The van der Waals surface area contributed by atoms with Crippen LogP contribution < -0.4 is 0 Å². The number of rotatable bonds is 17. The van der Waals surface area contributed by atoms with E-state index in [1.54, 1.807) is 0 Å². The van der Waals surface area contributed by atoms with Crippen LogP contribution in [0.25, 0.3) is 10.9 Å². The lowest BCUT2D eigenvalue weighted by molar-refractivity contribution is -0.118. The molecule has 1 aromatic heterocycles. The molecule has 164 valence electrons. The van der Waals surface area contributed by atoms with E-state index in [2.05, 4.69) is 36.2 Å². The van der Waals surface area contributed by atoms with Crippen LogP contribution in [0.15, 0.2) is 48.6 Å². The molecule has 2 nitrogen and oxygen atoms in total. The van der Waals surface area contributed by atoms with Gasteiger partial charge in [0.05, 0.1) is 5.52 Å². The molecule has 0 unspecified atom stereocenters. The third kappa shape index (κ3) is 10.7. The summed E-state index contributed by atoms with van der Waals surface area (Å²) in [6, 6.07) is 12.1. The molecular weight excluding hydrogens is 366 g/mol. The van der Waals surface area contributed by atoms with Gasteiger partial charge < -0.3 is 0 Å². The van der Waals surface area contributed by atoms with E-state index >= 15 is 0 Å². The second-order valence-electron chi connectivity index (χ2n) is 8.55. The SMILES string of the molecule is CCCCCCCC/C=C\CCCCCCCC(=O)Cc1ccc2ccccc2n1. The van der Waals surface area contributed by atoms with Crippen molar-refractivity contribution in [3.05, 3.63) is 54.2 Å². The van der Waals surface area contributed by atoms with Gasteiger partial charge in [-0.15, -0.1) is 0 Å². The number of hydrogen-bond donors (Lipinski definition) is 0. The first-order valence-corrected chi connectivity index (χ1v) is 12.3. The zero-order valence-corrected chi connectivity index (χ0v) is 19.1. The number of benzene rings is 1. The fraction of sp³-hybridized carbons (Fsp3) is 0.571. The molecule has 0 N–H and O–H groups in total. The van der Waals surface area contributed by atoms with Gasteiger partial charge in [-0.1, -0.05) is 94.7 Å². The summed E-state index contributed by atoms with van der Waals surface area (Å²) < 4.78 is 0. The van der Waals surface area contributed by atoms with E-state index in [1.165, 1.54) is 77.0 Å². The van der Waals surface area contributed by atoms with Crippen LogP contribution in [-0.2, 0) is 11.2 Å². The molecule has 0 amide bonds. The van der Waals surface area contributed by atoms with Crippen molar-refractivity contribution in [2.75, 3.05) is 0 Å². The number of carbonyl (C=O) groups is 1. The maximum atomic E-state index is 12.2. The number of ketones is 1. The Morgan fingerprint density at radius 1 is 0.767 bits per heavy atom. The highest BCUT2D eigenvalue weighted by atomic mass is 16.1. The predicted octanol–water partition coefficient (Wildman–Crippen LogP) is 8.38. The number of nitrogens with zero attached hydrogens (tertiary/aromatic N) is 1. The molecule has 0 fully saturated rings. The fourth-order valence-corrected chi connectivity index (χ4v) is 3.89. The summed E-state index contributed by atoms with van der Waals surface area (Å²) in [4.78, 5) is 16.8. The maximum Gasteiger partial charge on any atom is 0.138 e. The smallest absolute Gasteiger partial charge is 0.138 e. The normalized spacial score (nSPS) is 11.5. The molecule has 0 aliphatic heterocycles. The van der Waals surface area contributed by atoms with Gasteiger partial charge in [-0.25, -0.2) is 0 Å². The van der Waals surface area contributed by atoms with Crippen LogP contribution in [0.3, 0.4) is 0 Å². The number of pyridine rings is 1. The van der Waals surface area contributed by atoms with E-state index in [4.69, 9.17) is 0 Å². The Balaban J connectivity index is 1.43. The molecule has 2 rings (SSSR count). The van der Waals surface area contributed by atoms with Gasteiger partial charge in [0.2, 0.25) is 0 Å². The number of carbonyl (C=O) groups excluding carboxylic acids is 1. The average Bonchev–Trinajstić information content (AvgIpc) is 2.76. The van der Waals surface area contributed by atoms with Gasteiger partial charge in [-0.05, 0) is 44.2 Å². The van der Waals surface area contributed by atoms with Crippen molar-refractivity contribution < 1.29 is 4.79 Å². The van der Waals surface area contributed by atoms with Crippen LogP contribution in [0.1, 0.15) is 103 Å². The summed E-state index contributed by atoms with van der Waals surface area (Å²) in [5.41, 5.74) is 1.87. The van der Waals surface area contributed by atoms with Gasteiger partial charge in [0.15, 0.2) is 0 Å². The van der Waals surface area contributed by atoms with E-state index in [0.29, 0.717) is 18.6 Å². The second kappa shape index (κ2) is 15.8. The fourth-order valence-electron chi connectivity index (χ4n) is 3.89. The number of para-hydroxylation sites is 1. The minimum atomic E-state index is 0.315. The second-order valence-corrected chi connectivity index (χ2v) is 8.55. The molecule has 0 saturated heterocycles. The van der Waals surface area contributed by atoms with Crippen molar-refractivity contribution in [1.29, 1.82) is 0 Å². The van der Waals surface area contributed by atoms with E-state index < -0.39 is 0 Å².